The molecule has 0 aliphatic heterocycles. The summed E-state index contributed by atoms with van der Waals surface area (Å²) in [5, 5.41) is 6.78. The molecule has 0 heterocycles. The third kappa shape index (κ3) is 8.58. The van der Waals surface area contributed by atoms with E-state index in [4.69, 9.17) is 0 Å². The third-order valence-corrected chi connectivity index (χ3v) is 3.60. The first kappa shape index (κ1) is 21.2. The predicted molar refractivity (Wildman–Crippen MR) is 107 cm³/mol. The van der Waals surface area contributed by atoms with Crippen molar-refractivity contribution in [2.75, 3.05) is 34.2 Å². The average molecular weight is 418 g/mol. The van der Waals surface area contributed by atoms with Crippen LogP contribution in [0.2, 0.25) is 0 Å². The molecule has 0 saturated carbocycles. The molecule has 1 aromatic rings. The molecule has 0 aliphatic rings. The molecule has 0 fully saturated rings. The number of nitrogens with one attached hydrogen (secondary N) is 2. The molecular formula is C17H31IN4. The van der Waals surface area contributed by atoms with Crippen LogP contribution < -0.4 is 10.6 Å². The minimum atomic E-state index is 0. The van der Waals surface area contributed by atoms with Crippen molar-refractivity contribution < 1.29 is 0 Å². The fourth-order valence-electron chi connectivity index (χ4n) is 2.14. The van der Waals surface area contributed by atoms with Crippen molar-refractivity contribution in [2.24, 2.45) is 4.99 Å². The van der Waals surface area contributed by atoms with E-state index in [-0.39, 0.29) is 24.0 Å². The molecule has 0 saturated heterocycles. The SMILES string of the molecule is CCCCNC(=NC)NCC(Cc1ccccc1)N(C)C.I. The maximum Gasteiger partial charge on any atom is 0.191 e. The number of halogens is 1. The third-order valence-electron chi connectivity index (χ3n) is 3.60. The minimum Gasteiger partial charge on any atom is -0.356 e. The van der Waals surface area contributed by atoms with Gasteiger partial charge >= 0.3 is 0 Å². The maximum absolute atomic E-state index is 4.27. The summed E-state index contributed by atoms with van der Waals surface area (Å²) >= 11 is 0. The second kappa shape index (κ2) is 12.7. The maximum atomic E-state index is 4.27. The Morgan fingerprint density at radius 1 is 1.18 bits per heavy atom. The quantitative estimate of drug-likeness (QED) is 0.295. The Labute approximate surface area is 152 Å². The van der Waals surface area contributed by atoms with Gasteiger partial charge in [0.25, 0.3) is 0 Å². The van der Waals surface area contributed by atoms with E-state index in [1.54, 1.807) is 0 Å². The van der Waals surface area contributed by atoms with E-state index in [1.807, 2.05) is 7.05 Å². The van der Waals surface area contributed by atoms with E-state index in [0.717, 1.165) is 25.5 Å². The molecule has 1 atom stereocenters. The van der Waals surface area contributed by atoms with Gasteiger partial charge in [0.2, 0.25) is 0 Å². The molecule has 0 spiro atoms. The first-order valence-electron chi connectivity index (χ1n) is 7.82. The molecule has 5 heteroatoms. The highest BCUT2D eigenvalue weighted by Gasteiger charge is 2.12. The zero-order valence-corrected chi connectivity index (χ0v) is 16.6. The van der Waals surface area contributed by atoms with Gasteiger partial charge < -0.3 is 15.5 Å². The monoisotopic (exact) mass is 418 g/mol. The molecule has 2 N–H and O–H groups in total. The lowest BCUT2D eigenvalue weighted by atomic mass is 10.1. The summed E-state index contributed by atoms with van der Waals surface area (Å²) in [6, 6.07) is 11.1. The molecule has 1 unspecified atom stereocenters. The van der Waals surface area contributed by atoms with Crippen molar-refractivity contribution in [2.45, 2.75) is 32.2 Å². The second-order valence-electron chi connectivity index (χ2n) is 5.54. The second-order valence-corrected chi connectivity index (χ2v) is 5.54. The number of hydrogen-bond donors (Lipinski definition) is 2. The summed E-state index contributed by atoms with van der Waals surface area (Å²) < 4.78 is 0. The van der Waals surface area contributed by atoms with E-state index in [2.05, 4.69) is 71.9 Å². The normalized spacial score (nSPS) is 12.7. The highest BCUT2D eigenvalue weighted by atomic mass is 127. The van der Waals surface area contributed by atoms with Gasteiger partial charge in [-0.3, -0.25) is 4.99 Å². The van der Waals surface area contributed by atoms with Crippen LogP contribution in [-0.4, -0.2) is 51.1 Å². The number of aliphatic imine (C=N–C) groups is 1. The van der Waals surface area contributed by atoms with Crippen LogP contribution in [0.5, 0.6) is 0 Å². The summed E-state index contributed by atoms with van der Waals surface area (Å²) in [6.45, 7) is 4.05. The van der Waals surface area contributed by atoms with Gasteiger partial charge in [0.05, 0.1) is 0 Å². The number of guanidine groups is 1. The number of nitrogens with zero attached hydrogens (tertiary/aromatic N) is 2. The molecule has 0 amide bonds. The molecule has 126 valence electrons. The lowest BCUT2D eigenvalue weighted by Gasteiger charge is -2.25. The Bertz CT molecular complexity index is 406. The molecule has 0 aromatic heterocycles. The van der Waals surface area contributed by atoms with Gasteiger partial charge in [0.15, 0.2) is 5.96 Å². The fourth-order valence-corrected chi connectivity index (χ4v) is 2.14. The molecule has 1 aromatic carbocycles. The number of hydrogen-bond acceptors (Lipinski definition) is 2. The lowest BCUT2D eigenvalue weighted by molar-refractivity contribution is 0.290. The highest BCUT2D eigenvalue weighted by molar-refractivity contribution is 14.0. The van der Waals surface area contributed by atoms with Crippen molar-refractivity contribution in [3.05, 3.63) is 35.9 Å². The van der Waals surface area contributed by atoms with Gasteiger partial charge in [-0.15, -0.1) is 24.0 Å². The molecule has 4 nitrogen and oxygen atoms in total. The van der Waals surface area contributed by atoms with Gasteiger partial charge in [0.1, 0.15) is 0 Å². The smallest absolute Gasteiger partial charge is 0.191 e. The number of rotatable bonds is 8. The van der Waals surface area contributed by atoms with Crippen molar-refractivity contribution in [3.8, 4) is 0 Å². The fraction of sp³-hybridized carbons (Fsp3) is 0.588. The molecule has 0 radical (unpaired) electrons. The van der Waals surface area contributed by atoms with Crippen LogP contribution >= 0.6 is 24.0 Å². The average Bonchev–Trinajstić information content (AvgIpc) is 2.50. The van der Waals surface area contributed by atoms with Crippen molar-refractivity contribution in [3.63, 3.8) is 0 Å². The van der Waals surface area contributed by atoms with Crippen molar-refractivity contribution in [1.82, 2.24) is 15.5 Å². The zero-order valence-electron chi connectivity index (χ0n) is 14.3. The highest BCUT2D eigenvalue weighted by Crippen LogP contribution is 2.06. The van der Waals surface area contributed by atoms with Gasteiger partial charge in [-0.2, -0.15) is 0 Å². The van der Waals surface area contributed by atoms with Crippen LogP contribution in [0.1, 0.15) is 25.3 Å². The minimum absolute atomic E-state index is 0. The van der Waals surface area contributed by atoms with Crippen LogP contribution in [0, 0.1) is 0 Å². The van der Waals surface area contributed by atoms with Crippen LogP contribution in [-0.2, 0) is 6.42 Å². The Morgan fingerprint density at radius 2 is 1.86 bits per heavy atom. The number of unbranched alkanes of at least 4 members (excludes halogenated alkanes) is 1. The van der Waals surface area contributed by atoms with Crippen molar-refractivity contribution in [1.29, 1.82) is 0 Å². The largest absolute Gasteiger partial charge is 0.356 e. The molecule has 0 aliphatic carbocycles. The standard InChI is InChI=1S/C17H30N4.HI/c1-5-6-12-19-17(18-2)20-14-16(21(3)4)13-15-10-8-7-9-11-15;/h7-11,16H,5-6,12-14H2,1-4H3,(H2,18,19,20);1H. The first-order chi connectivity index (χ1) is 10.2. The topological polar surface area (TPSA) is 39.7 Å². The molecule has 22 heavy (non-hydrogen) atoms. The summed E-state index contributed by atoms with van der Waals surface area (Å²) in [7, 11) is 6.08. The summed E-state index contributed by atoms with van der Waals surface area (Å²) in [5.74, 6) is 0.892. The van der Waals surface area contributed by atoms with Crippen LogP contribution in [0.3, 0.4) is 0 Å². The van der Waals surface area contributed by atoms with Gasteiger partial charge in [-0.25, -0.2) is 0 Å². The summed E-state index contributed by atoms with van der Waals surface area (Å²) in [4.78, 5) is 6.54. The summed E-state index contributed by atoms with van der Waals surface area (Å²) in [6.07, 6.45) is 3.40. The van der Waals surface area contributed by atoms with Crippen LogP contribution in [0.15, 0.2) is 35.3 Å². The van der Waals surface area contributed by atoms with E-state index in [0.29, 0.717) is 6.04 Å². The molecule has 1 rings (SSSR count). The Hall–Kier alpha value is -0.820. The zero-order chi connectivity index (χ0) is 15.5. The Morgan fingerprint density at radius 3 is 2.41 bits per heavy atom. The number of likely N-dealkylation sites (N-methyl/N-ethyl adjacent to an activating group) is 1. The van der Waals surface area contributed by atoms with Gasteiger partial charge in [-0.1, -0.05) is 43.7 Å². The predicted octanol–water partition coefficient (Wildman–Crippen LogP) is 2.74. The van der Waals surface area contributed by atoms with Crippen LogP contribution in [0.25, 0.3) is 0 Å². The van der Waals surface area contributed by atoms with Crippen molar-refractivity contribution >= 4 is 29.9 Å². The molecule has 0 bridgehead atoms. The lowest BCUT2D eigenvalue weighted by Crippen LogP contribution is -2.46. The van der Waals surface area contributed by atoms with E-state index >= 15 is 0 Å². The number of benzene rings is 1. The summed E-state index contributed by atoms with van der Waals surface area (Å²) in [5.41, 5.74) is 1.37. The van der Waals surface area contributed by atoms with Crippen LogP contribution in [0.4, 0.5) is 0 Å². The van der Waals surface area contributed by atoms with Gasteiger partial charge in [-0.05, 0) is 32.5 Å². The van der Waals surface area contributed by atoms with E-state index in [1.165, 1.54) is 18.4 Å². The van der Waals surface area contributed by atoms with E-state index in [9.17, 15) is 0 Å². The first-order valence-corrected chi connectivity index (χ1v) is 7.82. The molecular weight excluding hydrogens is 387 g/mol. The Balaban J connectivity index is 0.00000441. The Kier molecular flexibility index (Phi) is 12.2. The van der Waals surface area contributed by atoms with Gasteiger partial charge in [0, 0.05) is 26.2 Å². The van der Waals surface area contributed by atoms with E-state index < -0.39 is 0 Å².